The SMILES string of the molecule is Cc1cc(NC(=O)c2ccccc2N(C)C)no1. The van der Waals surface area contributed by atoms with Gasteiger partial charge in [-0.25, -0.2) is 0 Å². The van der Waals surface area contributed by atoms with Crippen LogP contribution in [0.15, 0.2) is 34.9 Å². The van der Waals surface area contributed by atoms with Gasteiger partial charge < -0.3 is 14.7 Å². The maximum atomic E-state index is 12.1. The van der Waals surface area contributed by atoms with Crippen molar-refractivity contribution in [2.75, 3.05) is 24.3 Å². The van der Waals surface area contributed by atoms with E-state index in [1.807, 2.05) is 37.2 Å². The number of anilines is 2. The predicted octanol–water partition coefficient (Wildman–Crippen LogP) is 2.30. The third-order valence-electron chi connectivity index (χ3n) is 2.50. The van der Waals surface area contributed by atoms with E-state index in [1.54, 1.807) is 19.1 Å². The molecule has 18 heavy (non-hydrogen) atoms. The molecular weight excluding hydrogens is 230 g/mol. The number of nitrogens with zero attached hydrogens (tertiary/aromatic N) is 2. The minimum Gasteiger partial charge on any atom is -0.377 e. The van der Waals surface area contributed by atoms with Crippen molar-refractivity contribution >= 4 is 17.4 Å². The summed E-state index contributed by atoms with van der Waals surface area (Å²) < 4.78 is 4.90. The zero-order valence-corrected chi connectivity index (χ0v) is 10.6. The number of rotatable bonds is 3. The van der Waals surface area contributed by atoms with Gasteiger partial charge in [-0.2, -0.15) is 0 Å². The normalized spacial score (nSPS) is 10.2. The van der Waals surface area contributed by atoms with Crippen LogP contribution in [-0.2, 0) is 0 Å². The van der Waals surface area contributed by atoms with Gasteiger partial charge >= 0.3 is 0 Å². The number of carbonyl (C=O) groups is 1. The lowest BCUT2D eigenvalue weighted by molar-refractivity contribution is 0.102. The molecule has 1 N–H and O–H groups in total. The molecule has 0 saturated carbocycles. The molecule has 1 aromatic carbocycles. The van der Waals surface area contributed by atoms with Crippen LogP contribution >= 0.6 is 0 Å². The molecule has 0 radical (unpaired) electrons. The van der Waals surface area contributed by atoms with Crippen molar-refractivity contribution in [1.29, 1.82) is 0 Å². The zero-order chi connectivity index (χ0) is 13.1. The molecule has 0 atom stereocenters. The van der Waals surface area contributed by atoms with Gasteiger partial charge in [0.15, 0.2) is 5.82 Å². The lowest BCUT2D eigenvalue weighted by atomic mass is 10.1. The Morgan fingerprint density at radius 2 is 2.06 bits per heavy atom. The molecule has 94 valence electrons. The van der Waals surface area contributed by atoms with Crippen LogP contribution in [0, 0.1) is 6.92 Å². The summed E-state index contributed by atoms with van der Waals surface area (Å²) in [6, 6.07) is 9.07. The molecule has 1 heterocycles. The van der Waals surface area contributed by atoms with Crippen LogP contribution in [0.5, 0.6) is 0 Å². The van der Waals surface area contributed by atoms with Gasteiger partial charge in [-0.15, -0.1) is 0 Å². The fraction of sp³-hybridized carbons (Fsp3) is 0.231. The van der Waals surface area contributed by atoms with E-state index < -0.39 is 0 Å². The second-order valence-corrected chi connectivity index (χ2v) is 4.19. The van der Waals surface area contributed by atoms with Crippen molar-refractivity contribution in [2.45, 2.75) is 6.92 Å². The molecule has 2 rings (SSSR count). The van der Waals surface area contributed by atoms with E-state index in [2.05, 4.69) is 10.5 Å². The molecule has 0 fully saturated rings. The van der Waals surface area contributed by atoms with Crippen molar-refractivity contribution in [3.8, 4) is 0 Å². The highest BCUT2D eigenvalue weighted by Gasteiger charge is 2.13. The van der Waals surface area contributed by atoms with Crippen molar-refractivity contribution in [1.82, 2.24) is 5.16 Å². The predicted molar refractivity (Wildman–Crippen MR) is 70.0 cm³/mol. The smallest absolute Gasteiger partial charge is 0.259 e. The molecule has 1 aromatic heterocycles. The number of aromatic nitrogens is 1. The van der Waals surface area contributed by atoms with E-state index in [0.717, 1.165) is 5.69 Å². The summed E-state index contributed by atoms with van der Waals surface area (Å²) in [5, 5.41) is 6.44. The Morgan fingerprint density at radius 1 is 1.33 bits per heavy atom. The van der Waals surface area contributed by atoms with E-state index in [1.165, 1.54) is 0 Å². The summed E-state index contributed by atoms with van der Waals surface area (Å²) in [5.74, 6) is 0.879. The molecule has 5 heteroatoms. The Kier molecular flexibility index (Phi) is 3.32. The van der Waals surface area contributed by atoms with Crippen LogP contribution in [0.3, 0.4) is 0 Å². The molecule has 0 aliphatic rings. The first-order valence-electron chi connectivity index (χ1n) is 5.59. The summed E-state index contributed by atoms with van der Waals surface area (Å²) in [6.07, 6.45) is 0. The van der Waals surface area contributed by atoms with Gasteiger partial charge in [0.25, 0.3) is 5.91 Å². The highest BCUT2D eigenvalue weighted by molar-refractivity contribution is 6.07. The monoisotopic (exact) mass is 245 g/mol. The van der Waals surface area contributed by atoms with Gasteiger partial charge in [0.1, 0.15) is 5.76 Å². The first-order chi connectivity index (χ1) is 8.58. The molecular formula is C13H15N3O2. The number of amides is 1. The molecule has 0 saturated heterocycles. The summed E-state index contributed by atoms with van der Waals surface area (Å²) in [5.41, 5.74) is 1.46. The van der Waals surface area contributed by atoms with Gasteiger partial charge in [-0.1, -0.05) is 17.3 Å². The van der Waals surface area contributed by atoms with Gasteiger partial charge in [0, 0.05) is 25.8 Å². The number of benzene rings is 1. The van der Waals surface area contributed by atoms with Gasteiger partial charge in [-0.05, 0) is 19.1 Å². The average Bonchev–Trinajstić information content (AvgIpc) is 2.74. The third kappa shape index (κ3) is 2.51. The summed E-state index contributed by atoms with van der Waals surface area (Å²) in [4.78, 5) is 14.0. The second kappa shape index (κ2) is 4.91. The number of nitrogens with one attached hydrogen (secondary N) is 1. The highest BCUT2D eigenvalue weighted by Crippen LogP contribution is 2.19. The minimum absolute atomic E-state index is 0.201. The average molecular weight is 245 g/mol. The largest absolute Gasteiger partial charge is 0.377 e. The molecule has 2 aromatic rings. The van der Waals surface area contributed by atoms with Crippen molar-refractivity contribution < 1.29 is 9.32 Å². The fourth-order valence-electron chi connectivity index (χ4n) is 1.66. The Labute approximate surface area is 105 Å². The molecule has 0 unspecified atom stereocenters. The number of hydrogen-bond donors (Lipinski definition) is 1. The van der Waals surface area contributed by atoms with Crippen molar-refractivity contribution in [3.05, 3.63) is 41.7 Å². The lowest BCUT2D eigenvalue weighted by Gasteiger charge is -2.16. The van der Waals surface area contributed by atoms with Crippen molar-refractivity contribution in [2.24, 2.45) is 0 Å². The number of carbonyl (C=O) groups excluding carboxylic acids is 1. The van der Waals surface area contributed by atoms with Crippen LogP contribution in [0.2, 0.25) is 0 Å². The van der Waals surface area contributed by atoms with E-state index in [-0.39, 0.29) is 5.91 Å². The first kappa shape index (κ1) is 12.2. The second-order valence-electron chi connectivity index (χ2n) is 4.19. The fourth-order valence-corrected chi connectivity index (χ4v) is 1.66. The molecule has 5 nitrogen and oxygen atoms in total. The van der Waals surface area contributed by atoms with Crippen LogP contribution in [0.4, 0.5) is 11.5 Å². The summed E-state index contributed by atoms with van der Waals surface area (Å²) in [6.45, 7) is 1.77. The van der Waals surface area contributed by atoms with Gasteiger partial charge in [-0.3, -0.25) is 4.79 Å². The Bertz CT molecular complexity index is 561. The Morgan fingerprint density at radius 3 is 2.67 bits per heavy atom. The third-order valence-corrected chi connectivity index (χ3v) is 2.50. The molecule has 0 spiro atoms. The Balaban J connectivity index is 2.24. The number of para-hydroxylation sites is 1. The minimum atomic E-state index is -0.201. The number of aryl methyl sites for hydroxylation is 1. The molecule has 1 amide bonds. The van der Waals surface area contributed by atoms with Crippen LogP contribution in [0.1, 0.15) is 16.1 Å². The Hall–Kier alpha value is -2.30. The molecule has 0 aliphatic carbocycles. The zero-order valence-electron chi connectivity index (χ0n) is 10.6. The first-order valence-corrected chi connectivity index (χ1v) is 5.59. The standard InChI is InChI=1S/C13H15N3O2/c1-9-8-12(15-18-9)14-13(17)10-6-4-5-7-11(10)16(2)3/h4-8H,1-3H3,(H,14,15,17). The van der Waals surface area contributed by atoms with Gasteiger partial charge in [0.2, 0.25) is 0 Å². The van der Waals surface area contributed by atoms with Crippen LogP contribution < -0.4 is 10.2 Å². The van der Waals surface area contributed by atoms with Crippen LogP contribution in [0.25, 0.3) is 0 Å². The van der Waals surface area contributed by atoms with E-state index in [0.29, 0.717) is 17.1 Å². The quantitative estimate of drug-likeness (QED) is 0.901. The van der Waals surface area contributed by atoms with Crippen LogP contribution in [-0.4, -0.2) is 25.2 Å². The van der Waals surface area contributed by atoms with E-state index >= 15 is 0 Å². The van der Waals surface area contributed by atoms with E-state index in [4.69, 9.17) is 4.52 Å². The lowest BCUT2D eigenvalue weighted by Crippen LogP contribution is -2.18. The van der Waals surface area contributed by atoms with E-state index in [9.17, 15) is 4.79 Å². The van der Waals surface area contributed by atoms with Crippen molar-refractivity contribution in [3.63, 3.8) is 0 Å². The molecule has 0 bridgehead atoms. The topological polar surface area (TPSA) is 58.4 Å². The highest BCUT2D eigenvalue weighted by atomic mass is 16.5. The molecule has 0 aliphatic heterocycles. The summed E-state index contributed by atoms with van der Waals surface area (Å²) >= 11 is 0. The maximum Gasteiger partial charge on any atom is 0.259 e. The van der Waals surface area contributed by atoms with Gasteiger partial charge in [0.05, 0.1) is 5.56 Å². The maximum absolute atomic E-state index is 12.1. The number of hydrogen-bond acceptors (Lipinski definition) is 4. The summed E-state index contributed by atoms with van der Waals surface area (Å²) in [7, 11) is 3.79.